The van der Waals surface area contributed by atoms with Crippen molar-refractivity contribution in [3.63, 3.8) is 0 Å². The topological polar surface area (TPSA) is 102 Å². The lowest BCUT2D eigenvalue weighted by atomic mass is 9.88. The normalized spacial score (nSPS) is 14.2. The van der Waals surface area contributed by atoms with E-state index in [2.05, 4.69) is 21.2 Å². The zero-order valence-electron chi connectivity index (χ0n) is 11.2. The van der Waals surface area contributed by atoms with Gasteiger partial charge in [-0.2, -0.15) is 0 Å². The Morgan fingerprint density at radius 1 is 1.47 bits per heavy atom. The van der Waals surface area contributed by atoms with Crippen LogP contribution < -0.4 is 10.5 Å². The molecular weight excluding hydrogens is 336 g/mol. The molecule has 0 saturated carbocycles. The molecule has 0 radical (unpaired) electrons. The molecule has 0 aromatic carbocycles. The molecule has 1 aromatic heterocycles. The first-order valence-electron chi connectivity index (χ1n) is 5.56. The van der Waals surface area contributed by atoms with Gasteiger partial charge < -0.3 is 9.73 Å². The number of carbonyl (C=O) groups is 1. The summed E-state index contributed by atoms with van der Waals surface area (Å²) in [5.41, 5.74) is -0.123. The molecule has 108 valence electrons. The highest BCUT2D eigenvalue weighted by molar-refractivity contribution is 9.10. The maximum Gasteiger partial charge on any atom is 0.287 e. The number of carbonyl (C=O) groups excluding carboxylic acids is 1. The van der Waals surface area contributed by atoms with E-state index in [4.69, 9.17) is 9.56 Å². The van der Waals surface area contributed by atoms with E-state index < -0.39 is 15.9 Å². The van der Waals surface area contributed by atoms with Gasteiger partial charge in [0.2, 0.25) is 10.0 Å². The molecule has 0 aliphatic carbocycles. The van der Waals surface area contributed by atoms with Crippen molar-refractivity contribution in [1.29, 1.82) is 0 Å². The summed E-state index contributed by atoms with van der Waals surface area (Å²) in [5.74, 6) is -0.593. The third-order valence-electron chi connectivity index (χ3n) is 2.83. The molecule has 1 aromatic rings. The summed E-state index contributed by atoms with van der Waals surface area (Å²) < 4.78 is 27.4. The van der Waals surface area contributed by atoms with E-state index in [0.29, 0.717) is 0 Å². The highest BCUT2D eigenvalue weighted by atomic mass is 79.9. The van der Waals surface area contributed by atoms with Crippen LogP contribution in [0.15, 0.2) is 20.0 Å². The molecule has 0 aliphatic rings. The zero-order valence-corrected chi connectivity index (χ0v) is 13.6. The van der Waals surface area contributed by atoms with Gasteiger partial charge >= 0.3 is 0 Å². The van der Waals surface area contributed by atoms with E-state index in [9.17, 15) is 13.2 Å². The van der Waals surface area contributed by atoms with Crippen LogP contribution in [-0.4, -0.2) is 20.4 Å². The highest BCUT2D eigenvalue weighted by Crippen LogP contribution is 2.25. The van der Waals surface area contributed by atoms with Crippen LogP contribution in [0.2, 0.25) is 0 Å². The van der Waals surface area contributed by atoms with Crippen LogP contribution >= 0.6 is 15.9 Å². The third-order valence-corrected chi connectivity index (χ3v) is 4.60. The van der Waals surface area contributed by atoms with Crippen LogP contribution in [0.1, 0.15) is 38.2 Å². The predicted octanol–water partition coefficient (Wildman–Crippen LogP) is 1.85. The molecule has 0 bridgehead atoms. The number of hydrogen-bond acceptors (Lipinski definition) is 4. The Balaban J connectivity index is 2.97. The summed E-state index contributed by atoms with van der Waals surface area (Å²) in [6, 6.07) is 0.992. The summed E-state index contributed by atoms with van der Waals surface area (Å²) in [6.07, 6.45) is 0. The van der Waals surface area contributed by atoms with Crippen molar-refractivity contribution in [3.05, 3.63) is 16.5 Å². The summed E-state index contributed by atoms with van der Waals surface area (Å²) >= 11 is 2.92. The quantitative estimate of drug-likeness (QED) is 0.866. The number of amides is 1. The summed E-state index contributed by atoms with van der Waals surface area (Å²) in [4.78, 5) is 11.7. The predicted molar refractivity (Wildman–Crippen MR) is 74.2 cm³/mol. The van der Waals surface area contributed by atoms with Crippen molar-refractivity contribution in [3.8, 4) is 0 Å². The second kappa shape index (κ2) is 5.26. The van der Waals surface area contributed by atoms with Gasteiger partial charge in [-0.3, -0.25) is 4.79 Å². The Hall–Kier alpha value is -0.860. The highest BCUT2D eigenvalue weighted by Gasteiger charge is 2.26. The second-order valence-corrected chi connectivity index (χ2v) is 7.60. The van der Waals surface area contributed by atoms with E-state index in [1.807, 2.05) is 27.7 Å². The third kappa shape index (κ3) is 4.05. The molecule has 1 amide bonds. The van der Waals surface area contributed by atoms with Crippen LogP contribution in [0.5, 0.6) is 0 Å². The van der Waals surface area contributed by atoms with Gasteiger partial charge in [0.25, 0.3) is 5.91 Å². The molecule has 0 aliphatic heterocycles. The van der Waals surface area contributed by atoms with Crippen molar-refractivity contribution in [2.75, 3.05) is 0 Å². The van der Waals surface area contributed by atoms with Crippen LogP contribution in [-0.2, 0) is 10.0 Å². The van der Waals surface area contributed by atoms with Crippen molar-refractivity contribution in [2.24, 2.45) is 10.6 Å². The van der Waals surface area contributed by atoms with Gasteiger partial charge in [0.1, 0.15) is 4.90 Å². The van der Waals surface area contributed by atoms with Crippen molar-refractivity contribution >= 4 is 31.9 Å². The molecular formula is C11H17BrN2O4S. The van der Waals surface area contributed by atoms with Crippen LogP contribution in [0.3, 0.4) is 0 Å². The van der Waals surface area contributed by atoms with Gasteiger partial charge in [0.15, 0.2) is 10.4 Å². The lowest BCUT2D eigenvalue weighted by Gasteiger charge is -2.27. The molecule has 19 heavy (non-hydrogen) atoms. The molecule has 0 fully saturated rings. The first-order chi connectivity index (χ1) is 8.43. The van der Waals surface area contributed by atoms with Crippen molar-refractivity contribution in [2.45, 2.75) is 38.6 Å². The Morgan fingerprint density at radius 2 is 2.00 bits per heavy atom. The fourth-order valence-electron chi connectivity index (χ4n) is 1.14. The Labute approximate surface area is 120 Å². The maximum atomic E-state index is 11.9. The van der Waals surface area contributed by atoms with E-state index in [1.165, 1.54) is 0 Å². The molecule has 0 spiro atoms. The number of primary sulfonamides is 1. The van der Waals surface area contributed by atoms with Gasteiger partial charge in [-0.25, -0.2) is 13.6 Å². The number of nitrogens with one attached hydrogen (secondary N) is 1. The molecule has 1 heterocycles. The molecule has 1 unspecified atom stereocenters. The van der Waals surface area contributed by atoms with Gasteiger partial charge in [0, 0.05) is 12.1 Å². The number of rotatable bonds is 3. The maximum absolute atomic E-state index is 11.9. The first-order valence-corrected chi connectivity index (χ1v) is 7.90. The van der Waals surface area contributed by atoms with Crippen molar-refractivity contribution in [1.82, 2.24) is 5.32 Å². The Kier molecular flexibility index (Phi) is 4.48. The van der Waals surface area contributed by atoms with Crippen LogP contribution in [0.25, 0.3) is 0 Å². The Morgan fingerprint density at radius 3 is 2.37 bits per heavy atom. The minimum absolute atomic E-state index is 0.0800. The lowest BCUT2D eigenvalue weighted by Crippen LogP contribution is -2.41. The molecule has 1 rings (SSSR count). The molecule has 6 nitrogen and oxygen atoms in total. The van der Waals surface area contributed by atoms with E-state index in [0.717, 1.165) is 6.07 Å². The van der Waals surface area contributed by atoms with Gasteiger partial charge in [-0.05, 0) is 28.3 Å². The molecule has 8 heteroatoms. The van der Waals surface area contributed by atoms with E-state index >= 15 is 0 Å². The zero-order chi connectivity index (χ0) is 15.0. The summed E-state index contributed by atoms with van der Waals surface area (Å²) in [5, 5.41) is 7.73. The van der Waals surface area contributed by atoms with Crippen molar-refractivity contribution < 1.29 is 17.6 Å². The fourth-order valence-corrected chi connectivity index (χ4v) is 2.64. The summed E-state index contributed by atoms with van der Waals surface area (Å²) in [7, 11) is -3.92. The SMILES string of the molecule is CC(NC(=O)c1cc(S(N)(=O)=O)c(Br)o1)C(C)(C)C. The Bertz CT molecular complexity index is 586. The second-order valence-electron chi connectivity index (χ2n) is 5.35. The standard InChI is InChI=1S/C11H17BrN2O4S/c1-6(11(2,3)4)14-10(15)7-5-8(9(12)18-7)19(13,16)17/h5-6H,1-4H3,(H,14,15)(H2,13,16,17). The average Bonchev–Trinajstić information content (AvgIpc) is 2.58. The smallest absolute Gasteiger partial charge is 0.287 e. The number of nitrogens with two attached hydrogens (primary N) is 1. The van der Waals surface area contributed by atoms with E-state index in [1.54, 1.807) is 0 Å². The lowest BCUT2D eigenvalue weighted by molar-refractivity contribution is 0.0880. The summed E-state index contributed by atoms with van der Waals surface area (Å²) in [6.45, 7) is 7.79. The van der Waals surface area contributed by atoms with Crippen LogP contribution in [0.4, 0.5) is 0 Å². The average molecular weight is 353 g/mol. The van der Waals surface area contributed by atoms with Gasteiger partial charge in [-0.15, -0.1) is 0 Å². The number of sulfonamides is 1. The number of hydrogen-bond donors (Lipinski definition) is 2. The molecule has 3 N–H and O–H groups in total. The largest absolute Gasteiger partial charge is 0.443 e. The minimum Gasteiger partial charge on any atom is -0.443 e. The minimum atomic E-state index is -3.92. The molecule has 1 atom stereocenters. The van der Waals surface area contributed by atoms with E-state index in [-0.39, 0.29) is 26.8 Å². The first kappa shape index (κ1) is 16.2. The number of furan rings is 1. The van der Waals surface area contributed by atoms with Gasteiger partial charge in [-0.1, -0.05) is 20.8 Å². The fraction of sp³-hybridized carbons (Fsp3) is 0.545. The monoisotopic (exact) mass is 352 g/mol. The van der Waals surface area contributed by atoms with Gasteiger partial charge in [0.05, 0.1) is 0 Å². The number of halogens is 1. The van der Waals surface area contributed by atoms with Crippen LogP contribution in [0, 0.1) is 5.41 Å². The molecule has 0 saturated heterocycles.